The Morgan fingerprint density at radius 2 is 1.80 bits per heavy atom. The number of rotatable bonds is 10. The second-order valence-electron chi connectivity index (χ2n) is 11.5. The van der Waals surface area contributed by atoms with Gasteiger partial charge in [-0.2, -0.15) is 5.10 Å². The Hall–Kier alpha value is -5.30. The van der Waals surface area contributed by atoms with Crippen LogP contribution < -0.4 is 24.8 Å². The van der Waals surface area contributed by atoms with Gasteiger partial charge >= 0.3 is 0 Å². The summed E-state index contributed by atoms with van der Waals surface area (Å²) >= 11 is 0. The number of fused-ring (bicyclic) bond motifs is 2. The van der Waals surface area contributed by atoms with Crippen molar-refractivity contribution in [1.29, 1.82) is 0 Å². The molecule has 4 heterocycles. The van der Waals surface area contributed by atoms with Crippen LogP contribution in [-0.2, 0) is 4.79 Å². The Morgan fingerprint density at radius 1 is 0.978 bits per heavy atom. The Bertz CT molecular complexity index is 1970. The number of benzene rings is 2. The molecule has 3 aromatic heterocycles. The van der Waals surface area contributed by atoms with E-state index in [9.17, 15) is 9.18 Å². The lowest BCUT2D eigenvalue weighted by Crippen LogP contribution is -2.24. The molecule has 1 aliphatic heterocycles. The number of halogens is 1. The molecule has 1 aliphatic carbocycles. The molecule has 5 aromatic rings. The fourth-order valence-electron chi connectivity index (χ4n) is 5.78. The first-order valence-corrected chi connectivity index (χ1v) is 15.1. The standard InChI is InChI=1S/C33H33FN8O4/c1-41-9-4-5-20(41)11-24(34)33(43)40-27-14-23-25(15-29(27)44-2)35-17-37-32(23)39-26-13-22(19-6-7-19)28(16-30(26)45-3)46-21-8-10-42-31(12-21)36-18-38-42/h8,10-20H,4-7,9H2,1-3H3,(H,40,43)(H,35,37,39)/b24-11+. The molecule has 0 radical (unpaired) electrons. The van der Waals surface area contributed by atoms with Crippen LogP contribution in [0.4, 0.5) is 21.6 Å². The molecule has 1 atom stereocenters. The van der Waals surface area contributed by atoms with Crippen LogP contribution in [0.25, 0.3) is 16.6 Å². The lowest BCUT2D eigenvalue weighted by atomic mass is 10.1. The zero-order valence-electron chi connectivity index (χ0n) is 25.7. The van der Waals surface area contributed by atoms with Crippen molar-refractivity contribution < 1.29 is 23.4 Å². The lowest BCUT2D eigenvalue weighted by molar-refractivity contribution is -0.114. The van der Waals surface area contributed by atoms with Gasteiger partial charge in [-0.05, 0) is 69.5 Å². The predicted octanol–water partition coefficient (Wildman–Crippen LogP) is 5.99. The topological polar surface area (TPSA) is 128 Å². The van der Waals surface area contributed by atoms with E-state index in [2.05, 4.69) is 30.7 Å². The number of hydrogen-bond acceptors (Lipinski definition) is 10. The van der Waals surface area contributed by atoms with Gasteiger partial charge in [0, 0.05) is 41.4 Å². The number of carbonyl (C=O) groups excluding carboxylic acids is 1. The number of methoxy groups -OCH3 is 2. The Balaban J connectivity index is 1.20. The Morgan fingerprint density at radius 3 is 2.57 bits per heavy atom. The summed E-state index contributed by atoms with van der Waals surface area (Å²) in [5, 5.41) is 10.8. The largest absolute Gasteiger partial charge is 0.494 e. The summed E-state index contributed by atoms with van der Waals surface area (Å²) in [6.45, 7) is 0.868. The van der Waals surface area contributed by atoms with Gasteiger partial charge in [0.1, 0.15) is 41.5 Å². The van der Waals surface area contributed by atoms with Gasteiger partial charge in [-0.3, -0.25) is 9.69 Å². The molecule has 236 valence electrons. The van der Waals surface area contributed by atoms with Crippen LogP contribution in [0, 0.1) is 0 Å². The summed E-state index contributed by atoms with van der Waals surface area (Å²) in [7, 11) is 4.99. The highest BCUT2D eigenvalue weighted by Crippen LogP contribution is 2.49. The van der Waals surface area contributed by atoms with E-state index in [0.717, 1.165) is 37.8 Å². The zero-order valence-corrected chi connectivity index (χ0v) is 25.7. The number of likely N-dealkylation sites (N-methyl/N-ethyl adjacent to an activating group) is 1. The normalized spacial score (nSPS) is 17.0. The molecule has 1 saturated heterocycles. The lowest BCUT2D eigenvalue weighted by Gasteiger charge is -2.18. The van der Waals surface area contributed by atoms with Gasteiger partial charge in [-0.15, -0.1) is 0 Å². The van der Waals surface area contributed by atoms with E-state index in [0.29, 0.717) is 62.7 Å². The monoisotopic (exact) mass is 624 g/mol. The fourth-order valence-corrected chi connectivity index (χ4v) is 5.78. The van der Waals surface area contributed by atoms with Gasteiger partial charge in [0.2, 0.25) is 0 Å². The number of hydrogen-bond donors (Lipinski definition) is 2. The number of anilines is 3. The minimum absolute atomic E-state index is 0.113. The molecule has 2 N–H and O–H groups in total. The van der Waals surface area contributed by atoms with Crippen LogP contribution in [0.1, 0.15) is 37.2 Å². The minimum atomic E-state index is -0.848. The average molecular weight is 625 g/mol. The number of likely N-dealkylation sites (tertiary alicyclic amines) is 1. The summed E-state index contributed by atoms with van der Waals surface area (Å²) in [6, 6.07) is 10.8. The molecule has 0 spiro atoms. The highest BCUT2D eigenvalue weighted by molar-refractivity contribution is 6.05. The number of ether oxygens (including phenoxy) is 3. The van der Waals surface area contributed by atoms with Crippen molar-refractivity contribution in [1.82, 2.24) is 29.5 Å². The number of nitrogens with one attached hydrogen (secondary N) is 2. The molecule has 7 rings (SSSR count). The van der Waals surface area contributed by atoms with E-state index in [1.807, 2.05) is 36.2 Å². The number of carbonyl (C=O) groups is 1. The molecule has 13 heteroatoms. The molecular formula is C33H33FN8O4. The summed E-state index contributed by atoms with van der Waals surface area (Å²) in [5.41, 5.74) is 3.26. The molecule has 46 heavy (non-hydrogen) atoms. The van der Waals surface area contributed by atoms with Crippen molar-refractivity contribution in [2.45, 2.75) is 37.6 Å². The Labute approximate surface area is 264 Å². The minimum Gasteiger partial charge on any atom is -0.494 e. The first-order chi connectivity index (χ1) is 22.4. The van der Waals surface area contributed by atoms with Crippen molar-refractivity contribution >= 4 is 39.6 Å². The maximum absolute atomic E-state index is 15.0. The smallest absolute Gasteiger partial charge is 0.284 e. The average Bonchev–Trinajstić information content (AvgIpc) is 3.67. The van der Waals surface area contributed by atoms with Crippen LogP contribution in [0.2, 0.25) is 0 Å². The zero-order chi connectivity index (χ0) is 31.8. The van der Waals surface area contributed by atoms with Crippen LogP contribution in [0.15, 0.2) is 67.2 Å². The quantitative estimate of drug-likeness (QED) is 0.179. The molecule has 2 fully saturated rings. The molecule has 2 aromatic carbocycles. The van der Waals surface area contributed by atoms with Crippen molar-refractivity contribution in [2.75, 3.05) is 38.4 Å². The molecular weight excluding hydrogens is 591 g/mol. The summed E-state index contributed by atoms with van der Waals surface area (Å²) < 4.78 is 34.3. The molecule has 1 unspecified atom stereocenters. The summed E-state index contributed by atoms with van der Waals surface area (Å²) in [4.78, 5) is 28.1. The van der Waals surface area contributed by atoms with E-state index < -0.39 is 11.7 Å². The van der Waals surface area contributed by atoms with Gasteiger partial charge < -0.3 is 24.8 Å². The van der Waals surface area contributed by atoms with Crippen molar-refractivity contribution in [3.8, 4) is 23.0 Å². The molecule has 0 bridgehead atoms. The van der Waals surface area contributed by atoms with Crippen molar-refractivity contribution in [3.05, 3.63) is 72.7 Å². The Kier molecular flexibility index (Phi) is 7.83. The fraction of sp³-hybridized carbons (Fsp3) is 0.303. The van der Waals surface area contributed by atoms with Gasteiger partial charge in [-0.25, -0.2) is 23.9 Å². The van der Waals surface area contributed by atoms with Crippen molar-refractivity contribution in [2.24, 2.45) is 0 Å². The molecule has 1 amide bonds. The number of amides is 1. The third-order valence-electron chi connectivity index (χ3n) is 8.42. The van der Waals surface area contributed by atoms with Gasteiger partial charge in [0.25, 0.3) is 5.91 Å². The van der Waals surface area contributed by atoms with E-state index >= 15 is 0 Å². The van der Waals surface area contributed by atoms with Crippen LogP contribution >= 0.6 is 0 Å². The second kappa shape index (κ2) is 12.2. The highest BCUT2D eigenvalue weighted by Gasteiger charge is 2.29. The van der Waals surface area contributed by atoms with Gasteiger partial charge in [-0.1, -0.05) is 0 Å². The number of aromatic nitrogens is 5. The maximum atomic E-state index is 15.0. The van der Waals surface area contributed by atoms with E-state index in [1.165, 1.54) is 25.8 Å². The molecule has 1 saturated carbocycles. The molecule has 12 nitrogen and oxygen atoms in total. The van der Waals surface area contributed by atoms with Crippen LogP contribution in [0.5, 0.6) is 23.0 Å². The second-order valence-corrected chi connectivity index (χ2v) is 11.5. The van der Waals surface area contributed by atoms with E-state index in [1.54, 1.807) is 30.0 Å². The van der Waals surface area contributed by atoms with Gasteiger partial charge in [0.15, 0.2) is 11.5 Å². The first-order valence-electron chi connectivity index (χ1n) is 15.1. The van der Waals surface area contributed by atoms with Gasteiger partial charge in [0.05, 0.1) is 31.1 Å². The first kappa shape index (κ1) is 29.4. The van der Waals surface area contributed by atoms with Crippen LogP contribution in [0.3, 0.4) is 0 Å². The van der Waals surface area contributed by atoms with Crippen molar-refractivity contribution in [3.63, 3.8) is 0 Å². The summed E-state index contributed by atoms with van der Waals surface area (Å²) in [6.07, 6.45) is 9.97. The van der Waals surface area contributed by atoms with E-state index in [4.69, 9.17) is 14.2 Å². The summed E-state index contributed by atoms with van der Waals surface area (Å²) in [5.74, 6) is 1.34. The number of nitrogens with zero attached hydrogens (tertiary/aromatic N) is 6. The number of pyridine rings is 1. The third-order valence-corrected chi connectivity index (χ3v) is 8.42. The third kappa shape index (κ3) is 5.88. The van der Waals surface area contributed by atoms with E-state index in [-0.39, 0.29) is 6.04 Å². The predicted molar refractivity (Wildman–Crippen MR) is 171 cm³/mol. The molecule has 2 aliphatic rings. The van der Waals surface area contributed by atoms with Crippen LogP contribution in [-0.4, -0.2) is 69.2 Å². The maximum Gasteiger partial charge on any atom is 0.284 e. The SMILES string of the molecule is COc1cc2ncnc(Nc3cc(C4CC4)c(Oc4ccn5ncnc5c4)cc3OC)c2cc1NC(=O)/C(F)=C\C1CCCN1C. The highest BCUT2D eigenvalue weighted by atomic mass is 19.1.